The third-order valence-corrected chi connectivity index (χ3v) is 7.75. The van der Waals surface area contributed by atoms with Crippen LogP contribution >= 0.6 is 0 Å². The number of sulfonamides is 1. The van der Waals surface area contributed by atoms with Crippen LogP contribution in [0.5, 0.6) is 5.75 Å². The molecular weight excluding hydrogens is 452 g/mol. The first-order valence-electron chi connectivity index (χ1n) is 11.4. The third kappa shape index (κ3) is 5.82. The van der Waals surface area contributed by atoms with Gasteiger partial charge in [-0.05, 0) is 73.2 Å². The summed E-state index contributed by atoms with van der Waals surface area (Å²) in [7, 11) is -3.78. The Kier molecular flexibility index (Phi) is 7.29. The number of carbonyl (C=O) groups is 1. The van der Waals surface area contributed by atoms with Crippen molar-refractivity contribution in [1.29, 1.82) is 5.26 Å². The van der Waals surface area contributed by atoms with E-state index >= 15 is 0 Å². The second-order valence-electron chi connectivity index (χ2n) is 8.85. The molecule has 1 amide bonds. The first-order chi connectivity index (χ1) is 16.3. The van der Waals surface area contributed by atoms with E-state index in [-0.39, 0.29) is 16.7 Å². The Labute approximate surface area is 200 Å². The van der Waals surface area contributed by atoms with Gasteiger partial charge in [-0.3, -0.25) is 9.69 Å². The van der Waals surface area contributed by atoms with Gasteiger partial charge in [-0.2, -0.15) is 18.1 Å². The maximum Gasteiger partial charge on any atom is 0.281 e. The minimum absolute atomic E-state index is 0.114. The van der Waals surface area contributed by atoms with Crippen molar-refractivity contribution in [3.63, 3.8) is 0 Å². The summed E-state index contributed by atoms with van der Waals surface area (Å²) in [4.78, 5) is 13.6. The number of fused-ring (bicyclic) bond motifs is 2. The summed E-state index contributed by atoms with van der Waals surface area (Å²) in [5.74, 6) is 1.46. The average molecular weight is 481 g/mol. The Morgan fingerprint density at radius 2 is 1.79 bits per heavy atom. The number of piperidine rings is 1. The number of rotatable bonds is 8. The molecule has 4 rings (SSSR count). The molecule has 0 aromatic heterocycles. The smallest absolute Gasteiger partial charge is 0.281 e. The summed E-state index contributed by atoms with van der Waals surface area (Å²) < 4.78 is 35.2. The summed E-state index contributed by atoms with van der Waals surface area (Å²) >= 11 is 0. The van der Waals surface area contributed by atoms with Gasteiger partial charge < -0.3 is 10.1 Å². The van der Waals surface area contributed by atoms with E-state index in [1.807, 2.05) is 0 Å². The van der Waals surface area contributed by atoms with E-state index in [1.165, 1.54) is 19.1 Å². The Hall–Kier alpha value is -3.22. The molecule has 178 valence electrons. The van der Waals surface area contributed by atoms with Crippen LogP contribution in [-0.2, 0) is 14.8 Å². The molecule has 0 radical (unpaired) electrons. The SMILES string of the molecule is CC(=O)Nc1ccc(S(=O)(=O)N=CC2C3CCC2CN(CCOc2ccc(C#N)cc2)C3)cc1. The van der Waals surface area contributed by atoms with Gasteiger partial charge in [0.2, 0.25) is 5.91 Å². The molecule has 8 nitrogen and oxygen atoms in total. The number of amides is 1. The third-order valence-electron chi connectivity index (χ3n) is 6.49. The Bertz CT molecular complexity index is 1170. The summed E-state index contributed by atoms with van der Waals surface area (Å²) in [5, 5.41) is 11.5. The predicted molar refractivity (Wildman–Crippen MR) is 129 cm³/mol. The molecule has 2 aromatic carbocycles. The second-order valence-corrected chi connectivity index (χ2v) is 10.5. The maximum absolute atomic E-state index is 12.7. The van der Waals surface area contributed by atoms with E-state index in [9.17, 15) is 13.2 Å². The summed E-state index contributed by atoms with van der Waals surface area (Å²) in [6, 6.07) is 15.2. The minimum atomic E-state index is -3.78. The number of likely N-dealkylation sites (tertiary alicyclic amines) is 1. The van der Waals surface area contributed by atoms with Gasteiger partial charge in [-0.1, -0.05) is 0 Å². The highest BCUT2D eigenvalue weighted by Crippen LogP contribution is 2.41. The summed E-state index contributed by atoms with van der Waals surface area (Å²) in [6.07, 6.45) is 3.78. The first-order valence-corrected chi connectivity index (χ1v) is 12.8. The van der Waals surface area contributed by atoms with Gasteiger partial charge in [0.1, 0.15) is 12.4 Å². The number of hydrogen-bond donors (Lipinski definition) is 1. The van der Waals surface area contributed by atoms with Crippen LogP contribution in [0.3, 0.4) is 0 Å². The monoisotopic (exact) mass is 480 g/mol. The van der Waals surface area contributed by atoms with Crippen LogP contribution in [0.2, 0.25) is 0 Å². The zero-order chi connectivity index (χ0) is 24.1. The van der Waals surface area contributed by atoms with E-state index in [4.69, 9.17) is 10.00 Å². The minimum Gasteiger partial charge on any atom is -0.492 e. The Balaban J connectivity index is 1.30. The highest BCUT2D eigenvalue weighted by atomic mass is 32.2. The van der Waals surface area contributed by atoms with Crippen molar-refractivity contribution in [2.75, 3.05) is 31.6 Å². The van der Waals surface area contributed by atoms with Crippen molar-refractivity contribution in [3.8, 4) is 11.8 Å². The molecule has 1 aliphatic heterocycles. The molecule has 2 unspecified atom stereocenters. The number of ether oxygens (including phenoxy) is 1. The molecule has 1 N–H and O–H groups in total. The van der Waals surface area contributed by atoms with Crippen molar-refractivity contribution in [2.45, 2.75) is 24.7 Å². The Morgan fingerprint density at radius 3 is 2.38 bits per heavy atom. The Morgan fingerprint density at radius 1 is 1.15 bits per heavy atom. The van der Waals surface area contributed by atoms with E-state index in [0.717, 1.165) is 38.2 Å². The molecule has 2 aromatic rings. The maximum atomic E-state index is 12.7. The van der Waals surface area contributed by atoms with Gasteiger partial charge in [-0.25, -0.2) is 0 Å². The van der Waals surface area contributed by atoms with Crippen molar-refractivity contribution in [3.05, 3.63) is 54.1 Å². The van der Waals surface area contributed by atoms with Gasteiger partial charge in [0.15, 0.2) is 0 Å². The summed E-state index contributed by atoms with van der Waals surface area (Å²) in [6.45, 7) is 4.56. The van der Waals surface area contributed by atoms with Crippen LogP contribution < -0.4 is 10.1 Å². The van der Waals surface area contributed by atoms with Gasteiger partial charge in [0, 0.05) is 44.4 Å². The molecule has 9 heteroatoms. The van der Waals surface area contributed by atoms with Crippen molar-refractivity contribution >= 4 is 27.8 Å². The zero-order valence-corrected chi connectivity index (χ0v) is 19.9. The van der Waals surface area contributed by atoms with Gasteiger partial charge in [-0.15, -0.1) is 0 Å². The molecule has 2 fully saturated rings. The predicted octanol–water partition coefficient (Wildman–Crippen LogP) is 3.31. The molecule has 2 aliphatic rings. The number of nitriles is 1. The van der Waals surface area contributed by atoms with E-state index in [0.29, 0.717) is 29.7 Å². The van der Waals surface area contributed by atoms with Crippen LogP contribution in [0.15, 0.2) is 57.8 Å². The van der Waals surface area contributed by atoms with E-state index in [2.05, 4.69) is 20.7 Å². The fourth-order valence-corrected chi connectivity index (χ4v) is 5.73. The molecule has 1 heterocycles. The number of carbonyl (C=O) groups excluding carboxylic acids is 1. The van der Waals surface area contributed by atoms with Crippen LogP contribution in [0, 0.1) is 29.1 Å². The largest absolute Gasteiger partial charge is 0.492 e. The van der Waals surface area contributed by atoms with Crippen LogP contribution in [0.1, 0.15) is 25.3 Å². The van der Waals surface area contributed by atoms with Gasteiger partial charge in [0.25, 0.3) is 10.0 Å². The fourth-order valence-electron chi connectivity index (χ4n) is 4.83. The molecule has 34 heavy (non-hydrogen) atoms. The quantitative estimate of drug-likeness (QED) is 0.580. The number of hydrogen-bond acceptors (Lipinski definition) is 6. The molecule has 1 saturated carbocycles. The van der Waals surface area contributed by atoms with E-state index < -0.39 is 10.0 Å². The lowest BCUT2D eigenvalue weighted by molar-refractivity contribution is -0.114. The second kappa shape index (κ2) is 10.4. The molecule has 0 spiro atoms. The number of benzene rings is 2. The molecular formula is C25H28N4O4S. The fraction of sp³-hybridized carbons (Fsp3) is 0.400. The van der Waals surface area contributed by atoms with E-state index in [1.54, 1.807) is 42.6 Å². The lowest BCUT2D eigenvalue weighted by Crippen LogP contribution is -2.44. The van der Waals surface area contributed by atoms with Crippen LogP contribution in [0.4, 0.5) is 5.69 Å². The van der Waals surface area contributed by atoms with Crippen molar-refractivity contribution < 1.29 is 17.9 Å². The zero-order valence-electron chi connectivity index (χ0n) is 19.1. The van der Waals surface area contributed by atoms with Gasteiger partial charge in [0.05, 0.1) is 16.5 Å². The molecule has 1 saturated heterocycles. The lowest BCUT2D eigenvalue weighted by Gasteiger charge is -2.36. The van der Waals surface area contributed by atoms with Crippen LogP contribution in [-0.4, -0.2) is 51.7 Å². The topological polar surface area (TPSA) is 112 Å². The number of anilines is 1. The first kappa shape index (κ1) is 23.9. The van der Waals surface area contributed by atoms with Crippen molar-refractivity contribution in [2.24, 2.45) is 22.2 Å². The molecule has 1 aliphatic carbocycles. The number of nitrogens with one attached hydrogen (secondary N) is 1. The van der Waals surface area contributed by atoms with Gasteiger partial charge >= 0.3 is 0 Å². The van der Waals surface area contributed by atoms with Crippen molar-refractivity contribution in [1.82, 2.24) is 4.90 Å². The lowest BCUT2D eigenvalue weighted by atomic mass is 9.86. The number of nitrogens with zero attached hydrogens (tertiary/aromatic N) is 3. The molecule has 2 bridgehead atoms. The standard InChI is InChI=1S/C25H28N4O4S/c1-18(30)28-22-6-10-24(11-7-22)34(31,32)27-15-25-20-4-5-21(25)17-29(16-20)12-13-33-23-8-2-19(14-26)3-9-23/h2-3,6-11,15,20-21,25H,4-5,12-13,16-17H2,1H3,(H,28,30). The molecule has 2 atom stereocenters. The van der Waals surface area contributed by atoms with Crippen LogP contribution in [0.25, 0.3) is 0 Å². The highest BCUT2D eigenvalue weighted by Gasteiger charge is 2.41. The normalized spacial score (nSPS) is 22.4. The highest BCUT2D eigenvalue weighted by molar-refractivity contribution is 7.90. The summed E-state index contributed by atoms with van der Waals surface area (Å²) in [5.41, 5.74) is 1.15. The average Bonchev–Trinajstić information content (AvgIpc) is 3.06.